The Morgan fingerprint density at radius 1 is 1.00 bits per heavy atom. The third-order valence-corrected chi connectivity index (χ3v) is 4.35. The molecular weight excluding hydrogens is 431 g/mol. The summed E-state index contributed by atoms with van der Waals surface area (Å²) in [5, 5.41) is 9.05. The van der Waals surface area contributed by atoms with Gasteiger partial charge in [0.05, 0.1) is 18.4 Å². The fourth-order valence-electron chi connectivity index (χ4n) is 3.01. The van der Waals surface area contributed by atoms with Gasteiger partial charge in [-0.3, -0.25) is 0 Å². The quantitative estimate of drug-likeness (QED) is 0.417. The molecule has 2 aromatic carbocycles. The minimum absolute atomic E-state index is 0.0123. The number of rotatable bonds is 3. The molecule has 33 heavy (non-hydrogen) atoms. The molecule has 0 aliphatic rings. The van der Waals surface area contributed by atoms with E-state index in [9.17, 15) is 13.2 Å². The lowest BCUT2D eigenvalue weighted by molar-refractivity contribution is 0.547. The van der Waals surface area contributed by atoms with Crippen LogP contribution in [0.15, 0.2) is 36.7 Å². The van der Waals surface area contributed by atoms with Gasteiger partial charge in [0.15, 0.2) is 5.65 Å². The number of nitrogen functional groups attached to an aromatic ring is 2. The van der Waals surface area contributed by atoms with Crippen molar-refractivity contribution in [3.63, 3.8) is 0 Å². The Bertz CT molecular complexity index is 1290. The van der Waals surface area contributed by atoms with Crippen LogP contribution in [-0.4, -0.2) is 19.5 Å². The van der Waals surface area contributed by atoms with Gasteiger partial charge >= 0.3 is 0 Å². The monoisotopic (exact) mass is 455 g/mol. The van der Waals surface area contributed by atoms with Crippen LogP contribution in [-0.2, 0) is 6.54 Å². The number of anilines is 2. The van der Waals surface area contributed by atoms with Crippen molar-refractivity contribution in [2.24, 2.45) is 0 Å². The van der Waals surface area contributed by atoms with Gasteiger partial charge in [0, 0.05) is 16.8 Å². The van der Waals surface area contributed by atoms with Gasteiger partial charge < -0.3 is 16.0 Å². The lowest BCUT2D eigenvalue weighted by Crippen LogP contribution is -2.07. The second-order valence-electron chi connectivity index (χ2n) is 6.22. The maximum absolute atomic E-state index is 14.6. The van der Waals surface area contributed by atoms with Crippen LogP contribution in [0.25, 0.3) is 22.4 Å². The van der Waals surface area contributed by atoms with Crippen molar-refractivity contribution < 1.29 is 13.2 Å². The molecule has 0 amide bonds. The Morgan fingerprint density at radius 3 is 2.24 bits per heavy atom. The summed E-state index contributed by atoms with van der Waals surface area (Å²) in [7, 11) is 0. The van der Waals surface area contributed by atoms with E-state index in [1.807, 2.05) is 27.7 Å². The van der Waals surface area contributed by atoms with E-state index in [1.54, 1.807) is 6.07 Å². The Balaban J connectivity index is 0.000000914. The average Bonchev–Trinajstić information content (AvgIpc) is 3.21. The van der Waals surface area contributed by atoms with E-state index in [0.29, 0.717) is 0 Å². The number of hydrogen-bond acceptors (Lipinski definition) is 6. The van der Waals surface area contributed by atoms with Gasteiger partial charge in [-0.1, -0.05) is 33.8 Å². The highest BCUT2D eigenvalue weighted by molar-refractivity contribution is 5.88. The summed E-state index contributed by atoms with van der Waals surface area (Å²) in [4.78, 5) is 12.3. The highest BCUT2D eigenvalue weighted by Crippen LogP contribution is 2.30. The second-order valence-corrected chi connectivity index (χ2v) is 6.22. The zero-order valence-electron chi connectivity index (χ0n) is 18.7. The fraction of sp³-hybridized carbons (Fsp3) is 0.217. The Kier molecular flexibility index (Phi) is 8.34. The van der Waals surface area contributed by atoms with E-state index in [1.165, 1.54) is 29.1 Å². The van der Waals surface area contributed by atoms with E-state index in [0.717, 1.165) is 12.1 Å². The maximum atomic E-state index is 14.6. The Labute approximate surface area is 189 Å². The highest BCUT2D eigenvalue weighted by atomic mass is 19.1. The van der Waals surface area contributed by atoms with Crippen molar-refractivity contribution in [1.29, 1.82) is 5.26 Å². The summed E-state index contributed by atoms with van der Waals surface area (Å²) < 4.78 is 44.4. The fourth-order valence-corrected chi connectivity index (χ4v) is 3.01. The SMILES string of the molecule is CC.CC.N#Cc1cccc(-c2nc(N)nc3c2ncn3Cc2c(F)cc(N)cc2F)c1F. The lowest BCUT2D eigenvalue weighted by atomic mass is 10.1. The number of nitriles is 1. The Hall–Kier alpha value is -4.13. The number of benzene rings is 2. The minimum atomic E-state index is -0.820. The summed E-state index contributed by atoms with van der Waals surface area (Å²) in [5.41, 5.74) is 11.2. The molecule has 0 unspecified atom stereocenters. The highest BCUT2D eigenvalue weighted by Gasteiger charge is 2.20. The molecule has 0 atom stereocenters. The smallest absolute Gasteiger partial charge is 0.222 e. The van der Waals surface area contributed by atoms with Crippen LogP contribution in [0.2, 0.25) is 0 Å². The van der Waals surface area contributed by atoms with Crippen LogP contribution >= 0.6 is 0 Å². The lowest BCUT2D eigenvalue weighted by Gasteiger charge is -2.09. The molecule has 2 heterocycles. The molecule has 0 bridgehead atoms. The van der Waals surface area contributed by atoms with E-state index in [-0.39, 0.29) is 51.7 Å². The van der Waals surface area contributed by atoms with Gasteiger partial charge in [-0.15, -0.1) is 0 Å². The molecule has 4 N–H and O–H groups in total. The van der Waals surface area contributed by atoms with Gasteiger partial charge in [-0.05, 0) is 24.3 Å². The molecule has 0 radical (unpaired) electrons. The molecule has 0 fully saturated rings. The zero-order valence-corrected chi connectivity index (χ0v) is 18.7. The van der Waals surface area contributed by atoms with Crippen LogP contribution in [0.3, 0.4) is 0 Å². The predicted octanol–water partition coefficient (Wildman–Crippen LogP) is 5.05. The zero-order chi connectivity index (χ0) is 24.7. The normalized spacial score (nSPS) is 10.0. The topological polar surface area (TPSA) is 119 Å². The van der Waals surface area contributed by atoms with Gasteiger partial charge in [0.1, 0.15) is 34.7 Å². The summed E-state index contributed by atoms with van der Waals surface area (Å²) >= 11 is 0. The van der Waals surface area contributed by atoms with E-state index < -0.39 is 17.5 Å². The first-order valence-electron chi connectivity index (χ1n) is 10.3. The van der Waals surface area contributed by atoms with Gasteiger partial charge in [-0.25, -0.2) is 23.1 Å². The van der Waals surface area contributed by atoms with E-state index in [4.69, 9.17) is 16.7 Å². The van der Waals surface area contributed by atoms with Crippen molar-refractivity contribution >= 4 is 22.8 Å². The number of hydrogen-bond donors (Lipinski definition) is 2. The van der Waals surface area contributed by atoms with Crippen molar-refractivity contribution in [2.45, 2.75) is 34.2 Å². The molecule has 0 aliphatic heterocycles. The van der Waals surface area contributed by atoms with Crippen LogP contribution in [0, 0.1) is 28.8 Å². The van der Waals surface area contributed by atoms with Crippen LogP contribution in [0.4, 0.5) is 24.8 Å². The molecule has 4 rings (SSSR count). The van der Waals surface area contributed by atoms with Crippen molar-refractivity contribution in [3.05, 3.63) is 65.2 Å². The molecule has 0 saturated heterocycles. The third-order valence-electron chi connectivity index (χ3n) is 4.35. The summed E-state index contributed by atoms with van der Waals surface area (Å²) in [5.74, 6) is -2.60. The molecule has 4 aromatic rings. The third kappa shape index (κ3) is 5.03. The van der Waals surface area contributed by atoms with E-state index >= 15 is 0 Å². The number of aromatic nitrogens is 4. The molecular formula is C23H24F3N7. The molecule has 0 saturated carbocycles. The molecule has 172 valence electrons. The number of nitrogens with two attached hydrogens (primary N) is 2. The average molecular weight is 455 g/mol. The first-order valence-corrected chi connectivity index (χ1v) is 10.3. The maximum Gasteiger partial charge on any atom is 0.222 e. The number of nitrogens with zero attached hydrogens (tertiary/aromatic N) is 5. The van der Waals surface area contributed by atoms with Gasteiger partial charge in [0.25, 0.3) is 0 Å². The van der Waals surface area contributed by atoms with Crippen molar-refractivity contribution in [1.82, 2.24) is 19.5 Å². The van der Waals surface area contributed by atoms with Gasteiger partial charge in [-0.2, -0.15) is 10.2 Å². The molecule has 2 aromatic heterocycles. The predicted molar refractivity (Wildman–Crippen MR) is 122 cm³/mol. The number of fused-ring (bicyclic) bond motifs is 1. The number of imidazole rings is 1. The van der Waals surface area contributed by atoms with Crippen molar-refractivity contribution in [3.8, 4) is 17.3 Å². The van der Waals surface area contributed by atoms with Gasteiger partial charge in [0.2, 0.25) is 5.95 Å². The molecule has 0 spiro atoms. The summed E-state index contributed by atoms with van der Waals surface area (Å²) in [6.07, 6.45) is 1.30. The Morgan fingerprint density at radius 2 is 1.64 bits per heavy atom. The van der Waals surface area contributed by atoms with Crippen LogP contribution in [0.5, 0.6) is 0 Å². The minimum Gasteiger partial charge on any atom is -0.399 e. The first kappa shape index (κ1) is 25.1. The van der Waals surface area contributed by atoms with Crippen LogP contribution < -0.4 is 11.5 Å². The van der Waals surface area contributed by atoms with E-state index in [2.05, 4.69) is 15.0 Å². The molecule has 10 heteroatoms. The standard InChI is InChI=1S/C19H12F3N7.2C2H6/c20-13-4-10(24)5-14(21)12(13)7-29-8-26-17-16(27-19(25)28-18(17)29)11-3-1-2-9(6-23)15(11)22;2*1-2/h1-5,8H,7,24H2,(H2,25,27,28);2*1-2H3. The largest absolute Gasteiger partial charge is 0.399 e. The second kappa shape index (κ2) is 10.9. The summed E-state index contributed by atoms with van der Waals surface area (Å²) in [6.45, 7) is 7.76. The first-order chi connectivity index (χ1) is 15.9. The number of halogens is 3. The summed E-state index contributed by atoms with van der Waals surface area (Å²) in [6, 6.07) is 8.02. The van der Waals surface area contributed by atoms with Crippen LogP contribution in [0.1, 0.15) is 38.8 Å². The van der Waals surface area contributed by atoms with Crippen molar-refractivity contribution in [2.75, 3.05) is 11.5 Å². The molecule has 7 nitrogen and oxygen atoms in total. The molecule has 0 aliphatic carbocycles.